The Bertz CT molecular complexity index is 1660. The first-order valence-electron chi connectivity index (χ1n) is 20.8. The summed E-state index contributed by atoms with van der Waals surface area (Å²) in [6.45, 7) is 8.69. The third kappa shape index (κ3) is 21.8. The van der Waals surface area contributed by atoms with Gasteiger partial charge in [-0.2, -0.15) is 12.6 Å². The Morgan fingerprint density at radius 1 is 0.478 bits per heavy atom. The van der Waals surface area contributed by atoms with Gasteiger partial charge in [-0.05, 0) is 12.8 Å². The summed E-state index contributed by atoms with van der Waals surface area (Å²) in [5, 5.41) is 5.45. The normalized spacial score (nSPS) is 24.3. The Hall–Kier alpha value is -4.86. The van der Waals surface area contributed by atoms with Crippen LogP contribution >= 0.6 is 36.2 Å². The van der Waals surface area contributed by atoms with Gasteiger partial charge in [0.1, 0.15) is 36.3 Å². The van der Waals surface area contributed by atoms with E-state index >= 15 is 0 Å². The van der Waals surface area contributed by atoms with Crippen molar-refractivity contribution in [1.82, 2.24) is 15.5 Å². The zero-order valence-electron chi connectivity index (χ0n) is 38.3. The highest BCUT2D eigenvalue weighted by molar-refractivity contribution is 8.00. The van der Waals surface area contributed by atoms with Gasteiger partial charge in [0, 0.05) is 81.6 Å². The van der Waals surface area contributed by atoms with Crippen LogP contribution in [0, 0.1) is 0 Å². The minimum atomic E-state index is -1.39. The Morgan fingerprint density at radius 2 is 0.791 bits per heavy atom. The average Bonchev–Trinajstić information content (AvgIpc) is 3.22. The van der Waals surface area contributed by atoms with Gasteiger partial charge >= 0.3 is 47.8 Å². The molecule has 67 heavy (non-hydrogen) atoms. The molecular formula is C40H59N3O21S3. The third-order valence-corrected chi connectivity index (χ3v) is 11.5. The Balaban J connectivity index is 1.98. The van der Waals surface area contributed by atoms with Crippen LogP contribution < -0.4 is 10.6 Å². The van der Waals surface area contributed by atoms with Gasteiger partial charge in [-0.25, -0.2) is 0 Å². The summed E-state index contributed by atoms with van der Waals surface area (Å²) < 4.78 is 54.5. The van der Waals surface area contributed by atoms with E-state index in [0.717, 1.165) is 78.9 Å². The van der Waals surface area contributed by atoms with Gasteiger partial charge < -0.3 is 62.9 Å². The van der Waals surface area contributed by atoms with E-state index in [4.69, 9.17) is 47.4 Å². The fourth-order valence-corrected chi connectivity index (χ4v) is 8.80. The van der Waals surface area contributed by atoms with Crippen molar-refractivity contribution in [3.8, 4) is 0 Å². The number of esters is 8. The second-order valence-electron chi connectivity index (χ2n) is 14.7. The Kier molecular flexibility index (Phi) is 25.9. The average molecular weight is 1010 g/mol. The minimum Gasteiger partial charge on any atom is -0.463 e. The molecule has 27 heteroatoms. The van der Waals surface area contributed by atoms with E-state index in [1.807, 2.05) is 0 Å². The molecule has 10 atom stereocenters. The van der Waals surface area contributed by atoms with Gasteiger partial charge in [0.15, 0.2) is 36.6 Å². The molecule has 3 amide bonds. The summed E-state index contributed by atoms with van der Waals surface area (Å²) in [5.74, 6) is -7.97. The van der Waals surface area contributed by atoms with Crippen LogP contribution in [0.25, 0.3) is 0 Å². The molecule has 0 radical (unpaired) electrons. The first-order chi connectivity index (χ1) is 31.5. The highest BCUT2D eigenvalue weighted by Gasteiger charge is 2.54. The molecule has 0 spiro atoms. The largest absolute Gasteiger partial charge is 0.463 e. The molecule has 0 unspecified atom stereocenters. The number of rotatable bonds is 25. The fourth-order valence-electron chi connectivity index (χ4n) is 6.52. The van der Waals surface area contributed by atoms with Crippen LogP contribution in [0.1, 0.15) is 68.2 Å². The van der Waals surface area contributed by atoms with Crippen molar-refractivity contribution in [3.05, 3.63) is 0 Å². The monoisotopic (exact) mass is 1010 g/mol. The van der Waals surface area contributed by atoms with Crippen LogP contribution in [0.5, 0.6) is 0 Å². The molecule has 0 aromatic rings. The first kappa shape index (κ1) is 58.3. The standard InChI is InChI=1S/C40H59N3O21S3/c1-20(44)55-15-28-33(57-22(3)46)35(59-24(5)48)37(61-26(7)50)39(63-28)66-18-30(52)41-11-9-13-43(32(54)17-65)14-10-12-42-31(53)19-67-40-38(62-27(8)51)36(60-25(6)49)34(58-23(4)47)29(64-40)16-56-21(2)45/h28-29,33-40,65H,9-19H2,1-8H3,(H,41,52)(H,42,53)/t28-,29-,33-,34-,35+,36+,37+,38+,39-,40-/m1/s1. The predicted octanol–water partition coefficient (Wildman–Crippen LogP) is -0.610. The first-order valence-corrected chi connectivity index (χ1v) is 23.5. The van der Waals surface area contributed by atoms with Crippen molar-refractivity contribution in [2.75, 3.05) is 56.7 Å². The smallest absolute Gasteiger partial charge is 0.303 e. The Morgan fingerprint density at radius 3 is 1.09 bits per heavy atom. The summed E-state index contributed by atoms with van der Waals surface area (Å²) in [6.07, 6.45) is -9.87. The predicted molar refractivity (Wildman–Crippen MR) is 235 cm³/mol. The summed E-state index contributed by atoms with van der Waals surface area (Å²) in [4.78, 5) is 136. The third-order valence-electron chi connectivity index (χ3n) is 9.00. The molecule has 2 fully saturated rings. The molecule has 0 aliphatic carbocycles. The maximum Gasteiger partial charge on any atom is 0.303 e. The molecule has 2 rings (SSSR count). The number of hydrogen-bond acceptors (Lipinski definition) is 24. The van der Waals surface area contributed by atoms with Crippen LogP contribution in [0.3, 0.4) is 0 Å². The van der Waals surface area contributed by atoms with Crippen molar-refractivity contribution in [2.24, 2.45) is 0 Å². The number of ether oxygens (including phenoxy) is 10. The van der Waals surface area contributed by atoms with Crippen LogP contribution in [0.2, 0.25) is 0 Å². The van der Waals surface area contributed by atoms with Gasteiger partial charge in [0.2, 0.25) is 17.7 Å². The van der Waals surface area contributed by atoms with E-state index in [9.17, 15) is 52.7 Å². The summed E-state index contributed by atoms with van der Waals surface area (Å²) in [6, 6.07) is 0. The van der Waals surface area contributed by atoms with Crippen molar-refractivity contribution >= 4 is 102 Å². The number of thiol groups is 1. The number of thioether (sulfide) groups is 2. The van der Waals surface area contributed by atoms with E-state index in [1.54, 1.807) is 0 Å². The highest BCUT2D eigenvalue weighted by atomic mass is 32.2. The lowest BCUT2D eigenvalue weighted by Crippen LogP contribution is -2.61. The fraction of sp³-hybridized carbons (Fsp3) is 0.725. The summed E-state index contributed by atoms with van der Waals surface area (Å²) >= 11 is 5.86. The van der Waals surface area contributed by atoms with Gasteiger partial charge in [0.05, 0.1) is 17.3 Å². The van der Waals surface area contributed by atoms with Crippen molar-refractivity contribution in [3.63, 3.8) is 0 Å². The number of nitrogens with one attached hydrogen (secondary N) is 2. The molecule has 0 bridgehead atoms. The maximum absolute atomic E-state index is 13.0. The quantitative estimate of drug-likeness (QED) is 0.0445. The molecule has 2 N–H and O–H groups in total. The van der Waals surface area contributed by atoms with E-state index < -0.39 is 132 Å². The lowest BCUT2D eigenvalue weighted by atomic mass is 9.99. The molecule has 2 saturated heterocycles. The molecule has 2 heterocycles. The molecule has 0 aromatic heterocycles. The van der Waals surface area contributed by atoms with Gasteiger partial charge in [0.25, 0.3) is 0 Å². The summed E-state index contributed by atoms with van der Waals surface area (Å²) in [5.41, 5.74) is -2.31. The van der Waals surface area contributed by atoms with E-state index in [2.05, 4.69) is 23.3 Å². The maximum atomic E-state index is 13.0. The molecule has 24 nitrogen and oxygen atoms in total. The van der Waals surface area contributed by atoms with E-state index in [0.29, 0.717) is 12.8 Å². The second-order valence-corrected chi connectivity index (χ2v) is 17.2. The van der Waals surface area contributed by atoms with E-state index in [-0.39, 0.29) is 49.3 Å². The SMILES string of the molecule is CC(=O)OC[C@H]1O[C@H](SCC(=O)NCCCN(CCCNC(=O)CS[C@H]2O[C@H](COC(C)=O)[C@@H](OC(C)=O)[C@H](OC(C)=O)[C@@H]2OC(C)=O)C(=O)CS)[C@@H](OC(C)=O)[C@@H](OC(C)=O)[C@@H]1OC(C)=O. The highest BCUT2D eigenvalue weighted by Crippen LogP contribution is 2.36. The molecule has 0 aromatic carbocycles. The van der Waals surface area contributed by atoms with Gasteiger partial charge in [-0.3, -0.25) is 52.7 Å². The van der Waals surface area contributed by atoms with Crippen LogP contribution in [-0.2, 0) is 100 Å². The zero-order valence-corrected chi connectivity index (χ0v) is 40.9. The van der Waals surface area contributed by atoms with Crippen molar-refractivity contribution in [2.45, 2.75) is 128 Å². The number of hydrogen-bond donors (Lipinski definition) is 3. The van der Waals surface area contributed by atoms with Crippen LogP contribution in [0.4, 0.5) is 0 Å². The summed E-state index contributed by atoms with van der Waals surface area (Å²) in [7, 11) is 0. The molecule has 2 aliphatic heterocycles. The molecule has 378 valence electrons. The molecular weight excluding hydrogens is 955 g/mol. The van der Waals surface area contributed by atoms with Crippen molar-refractivity contribution < 1.29 is 100 Å². The van der Waals surface area contributed by atoms with E-state index in [1.165, 1.54) is 4.90 Å². The Labute approximate surface area is 400 Å². The minimum absolute atomic E-state index is 0.113. The lowest BCUT2D eigenvalue weighted by molar-refractivity contribution is -0.237. The number of carbonyl (C=O) groups excluding carboxylic acids is 11. The molecule has 0 saturated carbocycles. The number of carbonyl (C=O) groups is 11. The zero-order chi connectivity index (χ0) is 50.4. The number of nitrogens with zero attached hydrogens (tertiary/aromatic N) is 1. The number of amides is 3. The topological polar surface area (TPSA) is 307 Å². The van der Waals surface area contributed by atoms with Crippen LogP contribution in [-0.4, -0.2) is 187 Å². The molecule has 2 aliphatic rings. The van der Waals surface area contributed by atoms with Gasteiger partial charge in [-0.15, -0.1) is 23.5 Å². The lowest BCUT2D eigenvalue weighted by Gasteiger charge is -2.44. The second kappa shape index (κ2) is 29.8. The van der Waals surface area contributed by atoms with Crippen molar-refractivity contribution in [1.29, 1.82) is 0 Å². The van der Waals surface area contributed by atoms with Crippen LogP contribution in [0.15, 0.2) is 0 Å². The van der Waals surface area contributed by atoms with Gasteiger partial charge in [-0.1, -0.05) is 0 Å².